The molecule has 1 aliphatic heterocycles. The molecule has 0 saturated heterocycles. The van der Waals surface area contributed by atoms with E-state index >= 15 is 0 Å². The van der Waals surface area contributed by atoms with E-state index in [-0.39, 0.29) is 5.97 Å². The molecule has 0 aliphatic carbocycles. The fourth-order valence-electron chi connectivity index (χ4n) is 2.33. The van der Waals surface area contributed by atoms with Crippen molar-refractivity contribution in [1.29, 1.82) is 0 Å². The predicted octanol–water partition coefficient (Wildman–Crippen LogP) is 4.86. The Labute approximate surface area is 150 Å². The lowest BCUT2D eigenvalue weighted by atomic mass is 10.1. The zero-order valence-electron chi connectivity index (χ0n) is 13.7. The summed E-state index contributed by atoms with van der Waals surface area (Å²) >= 11 is 3.46. The second kappa shape index (κ2) is 7.90. The molecule has 0 saturated carbocycles. The van der Waals surface area contributed by atoms with Gasteiger partial charge in [-0.05, 0) is 48.7 Å². The third-order valence-corrected chi connectivity index (χ3v) is 6.14. The van der Waals surface area contributed by atoms with E-state index in [0.29, 0.717) is 11.3 Å². The molecule has 24 heavy (non-hydrogen) atoms. The van der Waals surface area contributed by atoms with Crippen LogP contribution in [0.15, 0.2) is 47.5 Å². The van der Waals surface area contributed by atoms with Gasteiger partial charge >= 0.3 is 5.97 Å². The Bertz CT molecular complexity index is 787. The summed E-state index contributed by atoms with van der Waals surface area (Å²) in [6, 6.07) is 13.3. The second-order valence-corrected chi connectivity index (χ2v) is 7.88. The van der Waals surface area contributed by atoms with E-state index < -0.39 is 0 Å². The fraction of sp³-hybridized carbons (Fsp3) is 0.263. The van der Waals surface area contributed by atoms with Crippen LogP contribution in [0, 0.1) is 13.8 Å². The summed E-state index contributed by atoms with van der Waals surface area (Å²) in [5.74, 6) is 2.06. The summed E-state index contributed by atoms with van der Waals surface area (Å²) in [7, 11) is 0. The molecule has 0 amide bonds. The maximum atomic E-state index is 12.6. The van der Waals surface area contributed by atoms with E-state index in [9.17, 15) is 4.79 Å². The molecule has 0 radical (unpaired) electrons. The predicted molar refractivity (Wildman–Crippen MR) is 103 cm³/mol. The molecule has 0 atom stereocenters. The average Bonchev–Trinajstić information content (AvgIpc) is 3.10. The van der Waals surface area contributed by atoms with Crippen molar-refractivity contribution in [2.75, 3.05) is 12.3 Å². The standard InChI is InChI=1S/C19H19NO2S2/c1-13-7-8-16(11-14(13)2)22-18(21)17-6-4-3-5-15(17)12-24-19-20-9-10-23-19/h3-8,11H,9-10,12H2,1-2H3. The zero-order chi connectivity index (χ0) is 16.9. The van der Waals surface area contributed by atoms with Crippen molar-refractivity contribution in [3.8, 4) is 5.75 Å². The van der Waals surface area contributed by atoms with Crippen molar-refractivity contribution in [2.24, 2.45) is 4.99 Å². The van der Waals surface area contributed by atoms with Gasteiger partial charge in [-0.25, -0.2) is 4.79 Å². The van der Waals surface area contributed by atoms with Gasteiger partial charge in [-0.3, -0.25) is 4.99 Å². The van der Waals surface area contributed by atoms with Crippen molar-refractivity contribution in [3.05, 3.63) is 64.7 Å². The highest BCUT2D eigenvalue weighted by atomic mass is 32.2. The number of hydrogen-bond donors (Lipinski definition) is 0. The Morgan fingerprint density at radius 2 is 2.04 bits per heavy atom. The van der Waals surface area contributed by atoms with Crippen LogP contribution in [-0.4, -0.2) is 22.6 Å². The summed E-state index contributed by atoms with van der Waals surface area (Å²) in [4.78, 5) is 17.0. The molecule has 3 rings (SSSR count). The maximum Gasteiger partial charge on any atom is 0.343 e. The topological polar surface area (TPSA) is 38.7 Å². The molecule has 2 aromatic rings. The monoisotopic (exact) mass is 357 g/mol. The van der Waals surface area contributed by atoms with Gasteiger partial charge in [0.25, 0.3) is 0 Å². The van der Waals surface area contributed by atoms with E-state index in [1.54, 1.807) is 23.5 Å². The van der Waals surface area contributed by atoms with Crippen LogP contribution in [0.2, 0.25) is 0 Å². The lowest BCUT2D eigenvalue weighted by Gasteiger charge is -2.10. The first kappa shape index (κ1) is 17.1. The van der Waals surface area contributed by atoms with Gasteiger partial charge in [0, 0.05) is 11.5 Å². The van der Waals surface area contributed by atoms with Gasteiger partial charge in [-0.15, -0.1) is 0 Å². The molecule has 2 aromatic carbocycles. The van der Waals surface area contributed by atoms with Crippen LogP contribution < -0.4 is 4.74 Å². The highest BCUT2D eigenvalue weighted by molar-refractivity contribution is 8.38. The number of esters is 1. The molecule has 0 fully saturated rings. The van der Waals surface area contributed by atoms with E-state index in [0.717, 1.165) is 33.6 Å². The van der Waals surface area contributed by atoms with Crippen LogP contribution in [0.4, 0.5) is 0 Å². The number of aliphatic imine (C=N–C) groups is 1. The van der Waals surface area contributed by atoms with Crippen LogP contribution >= 0.6 is 23.5 Å². The van der Waals surface area contributed by atoms with Gasteiger partial charge in [-0.1, -0.05) is 47.8 Å². The molecule has 0 N–H and O–H groups in total. The highest BCUT2D eigenvalue weighted by Gasteiger charge is 2.15. The molecule has 1 heterocycles. The van der Waals surface area contributed by atoms with Gasteiger partial charge in [0.1, 0.15) is 10.1 Å². The first-order valence-corrected chi connectivity index (χ1v) is 9.78. The third kappa shape index (κ3) is 4.22. The van der Waals surface area contributed by atoms with Crippen molar-refractivity contribution in [1.82, 2.24) is 0 Å². The average molecular weight is 358 g/mol. The molecule has 1 aliphatic rings. The smallest absolute Gasteiger partial charge is 0.343 e. The Hall–Kier alpha value is -1.72. The van der Waals surface area contributed by atoms with E-state index in [1.165, 1.54) is 5.56 Å². The Balaban J connectivity index is 1.73. The van der Waals surface area contributed by atoms with E-state index in [2.05, 4.69) is 4.99 Å². The van der Waals surface area contributed by atoms with Crippen molar-refractivity contribution < 1.29 is 9.53 Å². The fourth-order valence-corrected chi connectivity index (χ4v) is 4.34. The third-order valence-electron chi connectivity index (χ3n) is 3.84. The number of nitrogens with zero attached hydrogens (tertiary/aromatic N) is 1. The number of carbonyl (C=O) groups is 1. The number of aryl methyl sites for hydroxylation is 2. The summed E-state index contributed by atoms with van der Waals surface area (Å²) in [6.07, 6.45) is 0. The molecule has 5 heteroatoms. The minimum absolute atomic E-state index is 0.310. The molecule has 3 nitrogen and oxygen atoms in total. The second-order valence-electron chi connectivity index (χ2n) is 5.58. The van der Waals surface area contributed by atoms with Crippen LogP contribution in [-0.2, 0) is 5.75 Å². The van der Waals surface area contributed by atoms with Crippen LogP contribution in [0.3, 0.4) is 0 Å². The summed E-state index contributed by atoms with van der Waals surface area (Å²) in [5.41, 5.74) is 3.89. The number of hydrogen-bond acceptors (Lipinski definition) is 5. The Morgan fingerprint density at radius 1 is 1.21 bits per heavy atom. The number of thioether (sulfide) groups is 2. The SMILES string of the molecule is Cc1ccc(OC(=O)c2ccccc2CSC2=NCCS2)cc1C. The summed E-state index contributed by atoms with van der Waals surface area (Å²) in [6.45, 7) is 4.94. The summed E-state index contributed by atoms with van der Waals surface area (Å²) < 4.78 is 6.67. The summed E-state index contributed by atoms with van der Waals surface area (Å²) in [5, 5.41) is 0. The highest BCUT2D eigenvalue weighted by Crippen LogP contribution is 2.27. The van der Waals surface area contributed by atoms with Crippen molar-refractivity contribution in [3.63, 3.8) is 0 Å². The Kier molecular flexibility index (Phi) is 5.63. The Morgan fingerprint density at radius 3 is 2.79 bits per heavy atom. The lowest BCUT2D eigenvalue weighted by Crippen LogP contribution is -2.11. The van der Waals surface area contributed by atoms with E-state index in [1.807, 2.05) is 56.3 Å². The van der Waals surface area contributed by atoms with Crippen LogP contribution in [0.25, 0.3) is 0 Å². The maximum absolute atomic E-state index is 12.6. The normalized spacial score (nSPS) is 13.7. The van der Waals surface area contributed by atoms with Crippen LogP contribution in [0.5, 0.6) is 5.75 Å². The molecular weight excluding hydrogens is 338 g/mol. The first-order chi connectivity index (χ1) is 11.6. The number of rotatable bonds is 4. The lowest BCUT2D eigenvalue weighted by molar-refractivity contribution is 0.0734. The molecule has 0 spiro atoms. The number of benzene rings is 2. The first-order valence-electron chi connectivity index (χ1n) is 7.81. The quantitative estimate of drug-likeness (QED) is 0.579. The van der Waals surface area contributed by atoms with E-state index in [4.69, 9.17) is 4.74 Å². The van der Waals surface area contributed by atoms with Crippen LogP contribution in [0.1, 0.15) is 27.0 Å². The largest absolute Gasteiger partial charge is 0.423 e. The molecule has 0 unspecified atom stereocenters. The van der Waals surface area contributed by atoms with Gasteiger partial charge in [-0.2, -0.15) is 0 Å². The molecule has 124 valence electrons. The minimum atomic E-state index is -0.310. The van der Waals surface area contributed by atoms with Gasteiger partial charge < -0.3 is 4.74 Å². The minimum Gasteiger partial charge on any atom is -0.423 e. The zero-order valence-corrected chi connectivity index (χ0v) is 15.4. The molecule has 0 aromatic heterocycles. The van der Waals surface area contributed by atoms with Gasteiger partial charge in [0.2, 0.25) is 0 Å². The van der Waals surface area contributed by atoms with Gasteiger partial charge in [0.15, 0.2) is 0 Å². The van der Waals surface area contributed by atoms with Gasteiger partial charge in [0.05, 0.1) is 12.1 Å². The van der Waals surface area contributed by atoms with Crippen molar-refractivity contribution >= 4 is 33.9 Å². The molecule has 0 bridgehead atoms. The molecular formula is C19H19NO2S2. The van der Waals surface area contributed by atoms with Crippen molar-refractivity contribution in [2.45, 2.75) is 19.6 Å². The number of carbonyl (C=O) groups excluding carboxylic acids is 1. The number of ether oxygens (including phenoxy) is 1.